The minimum Gasteiger partial charge on any atom is -0.383 e. The van der Waals surface area contributed by atoms with Gasteiger partial charge < -0.3 is 9.47 Å². The predicted molar refractivity (Wildman–Crippen MR) is 82.8 cm³/mol. The number of benzene rings is 1. The fourth-order valence-corrected chi connectivity index (χ4v) is 2.93. The first-order valence-electron chi connectivity index (χ1n) is 7.52. The van der Waals surface area contributed by atoms with Gasteiger partial charge in [-0.15, -0.1) is 0 Å². The van der Waals surface area contributed by atoms with E-state index in [0.717, 1.165) is 30.9 Å². The van der Waals surface area contributed by atoms with E-state index >= 15 is 0 Å². The van der Waals surface area contributed by atoms with E-state index in [2.05, 4.69) is 15.1 Å². The molecule has 0 unspecified atom stereocenters. The van der Waals surface area contributed by atoms with Gasteiger partial charge in [-0.2, -0.15) is 15.0 Å². The number of likely N-dealkylation sites (tertiary alicyclic amines) is 1. The zero-order valence-electron chi connectivity index (χ0n) is 13.1. The number of hydrogen-bond acceptors (Lipinski definition) is 5. The first-order valence-corrected chi connectivity index (χ1v) is 7.52. The molecule has 0 spiro atoms. The van der Waals surface area contributed by atoms with Gasteiger partial charge >= 0.3 is 0 Å². The SMILES string of the molecule is COC[C@@H]1C[C@H](OC)CN1Cc1cnn(-c2ccccc2)n1. The lowest BCUT2D eigenvalue weighted by molar-refractivity contribution is 0.105. The van der Waals surface area contributed by atoms with Gasteiger partial charge in [0.2, 0.25) is 0 Å². The Labute approximate surface area is 130 Å². The first-order chi connectivity index (χ1) is 10.8. The molecule has 22 heavy (non-hydrogen) atoms. The highest BCUT2D eigenvalue weighted by atomic mass is 16.5. The van der Waals surface area contributed by atoms with Gasteiger partial charge in [0.1, 0.15) is 0 Å². The topological polar surface area (TPSA) is 52.4 Å². The summed E-state index contributed by atoms with van der Waals surface area (Å²) in [6.45, 7) is 2.39. The van der Waals surface area contributed by atoms with Gasteiger partial charge in [0.05, 0.1) is 30.3 Å². The van der Waals surface area contributed by atoms with E-state index in [1.165, 1.54) is 0 Å². The molecule has 1 aromatic heterocycles. The van der Waals surface area contributed by atoms with Crippen LogP contribution in [-0.4, -0.2) is 59.4 Å². The van der Waals surface area contributed by atoms with Crippen molar-refractivity contribution in [3.8, 4) is 5.69 Å². The molecule has 2 atom stereocenters. The maximum atomic E-state index is 5.49. The standard InChI is InChI=1S/C16H22N4O2/c1-21-12-15-8-16(22-2)11-19(15)10-13-9-17-20(18-13)14-6-4-3-5-7-14/h3-7,9,15-16H,8,10-12H2,1-2H3/t15-,16-/m0/s1. The summed E-state index contributed by atoms with van der Waals surface area (Å²) < 4.78 is 10.8. The average molecular weight is 302 g/mol. The molecule has 0 amide bonds. The van der Waals surface area contributed by atoms with Crippen LogP contribution in [0.2, 0.25) is 0 Å². The van der Waals surface area contributed by atoms with E-state index in [9.17, 15) is 0 Å². The van der Waals surface area contributed by atoms with Gasteiger partial charge in [-0.3, -0.25) is 4.90 Å². The third-order valence-electron chi connectivity index (χ3n) is 4.07. The molecule has 6 heteroatoms. The quantitative estimate of drug-likeness (QED) is 0.809. The smallest absolute Gasteiger partial charge is 0.0971 e. The van der Waals surface area contributed by atoms with Crippen molar-refractivity contribution < 1.29 is 9.47 Å². The molecule has 0 saturated carbocycles. The Hall–Kier alpha value is -1.76. The van der Waals surface area contributed by atoms with Crippen LogP contribution in [0.15, 0.2) is 36.5 Å². The van der Waals surface area contributed by atoms with Crippen molar-refractivity contribution in [1.82, 2.24) is 19.9 Å². The lowest BCUT2D eigenvalue weighted by Crippen LogP contribution is -2.32. The zero-order valence-corrected chi connectivity index (χ0v) is 13.1. The summed E-state index contributed by atoms with van der Waals surface area (Å²) in [6, 6.07) is 10.3. The minimum absolute atomic E-state index is 0.268. The van der Waals surface area contributed by atoms with Gasteiger partial charge in [-0.1, -0.05) is 18.2 Å². The van der Waals surface area contributed by atoms with E-state index < -0.39 is 0 Å². The highest BCUT2D eigenvalue weighted by molar-refractivity contribution is 5.28. The van der Waals surface area contributed by atoms with E-state index in [1.54, 1.807) is 19.0 Å². The molecule has 6 nitrogen and oxygen atoms in total. The molecular formula is C16H22N4O2. The Morgan fingerprint density at radius 2 is 2.05 bits per heavy atom. The minimum atomic E-state index is 0.268. The maximum Gasteiger partial charge on any atom is 0.0971 e. The van der Waals surface area contributed by atoms with Crippen LogP contribution in [0, 0.1) is 0 Å². The second kappa shape index (κ2) is 7.00. The molecule has 1 aromatic carbocycles. The Balaban J connectivity index is 1.69. The average Bonchev–Trinajstić information content (AvgIpc) is 3.17. The fraction of sp³-hybridized carbons (Fsp3) is 0.500. The van der Waals surface area contributed by atoms with Crippen molar-refractivity contribution in [1.29, 1.82) is 0 Å². The third kappa shape index (κ3) is 3.35. The van der Waals surface area contributed by atoms with Crippen LogP contribution >= 0.6 is 0 Å². The highest BCUT2D eigenvalue weighted by Gasteiger charge is 2.32. The van der Waals surface area contributed by atoms with E-state index in [4.69, 9.17) is 9.47 Å². The van der Waals surface area contributed by atoms with Crippen LogP contribution < -0.4 is 0 Å². The first kappa shape index (κ1) is 15.1. The van der Waals surface area contributed by atoms with Crippen LogP contribution in [0.3, 0.4) is 0 Å². The number of methoxy groups -OCH3 is 2. The molecule has 0 radical (unpaired) electrons. The van der Waals surface area contributed by atoms with Crippen molar-refractivity contribution >= 4 is 0 Å². The molecule has 118 valence electrons. The Morgan fingerprint density at radius 1 is 1.23 bits per heavy atom. The number of rotatable bonds is 6. The Bertz CT molecular complexity index is 587. The van der Waals surface area contributed by atoms with Crippen molar-refractivity contribution in [3.63, 3.8) is 0 Å². The molecule has 0 bridgehead atoms. The van der Waals surface area contributed by atoms with Gasteiger partial charge in [0.25, 0.3) is 0 Å². The van der Waals surface area contributed by atoms with Crippen molar-refractivity contribution in [2.24, 2.45) is 0 Å². The van der Waals surface area contributed by atoms with Gasteiger partial charge in [0.15, 0.2) is 0 Å². The molecule has 3 rings (SSSR count). The Kier molecular flexibility index (Phi) is 4.82. The number of hydrogen-bond donors (Lipinski definition) is 0. The van der Waals surface area contributed by atoms with Gasteiger partial charge in [0, 0.05) is 33.4 Å². The Morgan fingerprint density at radius 3 is 2.77 bits per heavy atom. The lowest BCUT2D eigenvalue weighted by atomic mass is 10.2. The lowest BCUT2D eigenvalue weighted by Gasteiger charge is -2.22. The number of ether oxygens (including phenoxy) is 2. The fourth-order valence-electron chi connectivity index (χ4n) is 2.93. The van der Waals surface area contributed by atoms with Gasteiger partial charge in [-0.25, -0.2) is 0 Å². The molecule has 1 saturated heterocycles. The highest BCUT2D eigenvalue weighted by Crippen LogP contribution is 2.22. The van der Waals surface area contributed by atoms with Crippen LogP contribution in [0.25, 0.3) is 5.69 Å². The van der Waals surface area contributed by atoms with E-state index in [0.29, 0.717) is 12.6 Å². The van der Waals surface area contributed by atoms with Crippen molar-refractivity contribution in [2.45, 2.75) is 25.1 Å². The normalized spacial score (nSPS) is 22.3. The number of aromatic nitrogens is 3. The second-order valence-electron chi connectivity index (χ2n) is 5.59. The number of nitrogens with zero attached hydrogens (tertiary/aromatic N) is 4. The summed E-state index contributed by atoms with van der Waals surface area (Å²) in [4.78, 5) is 4.03. The van der Waals surface area contributed by atoms with E-state index in [1.807, 2.05) is 36.5 Å². The summed E-state index contributed by atoms with van der Waals surface area (Å²) in [5.41, 5.74) is 1.93. The summed E-state index contributed by atoms with van der Waals surface area (Å²) >= 11 is 0. The van der Waals surface area contributed by atoms with Crippen LogP contribution in [0.4, 0.5) is 0 Å². The summed E-state index contributed by atoms with van der Waals surface area (Å²) in [6.07, 6.45) is 3.10. The summed E-state index contributed by atoms with van der Waals surface area (Å²) in [5.74, 6) is 0. The van der Waals surface area contributed by atoms with Crippen LogP contribution in [0.5, 0.6) is 0 Å². The molecular weight excluding hydrogens is 280 g/mol. The monoisotopic (exact) mass is 302 g/mol. The summed E-state index contributed by atoms with van der Waals surface area (Å²) in [5, 5.41) is 8.93. The predicted octanol–water partition coefficient (Wildman–Crippen LogP) is 1.50. The zero-order chi connectivity index (χ0) is 15.4. The van der Waals surface area contributed by atoms with E-state index in [-0.39, 0.29) is 6.10 Å². The molecule has 2 heterocycles. The molecule has 1 fully saturated rings. The van der Waals surface area contributed by atoms with Crippen LogP contribution in [-0.2, 0) is 16.0 Å². The largest absolute Gasteiger partial charge is 0.383 e. The van der Waals surface area contributed by atoms with Crippen LogP contribution in [0.1, 0.15) is 12.1 Å². The van der Waals surface area contributed by atoms with Gasteiger partial charge in [-0.05, 0) is 18.6 Å². The maximum absolute atomic E-state index is 5.49. The molecule has 0 aliphatic carbocycles. The molecule has 1 aliphatic heterocycles. The number of para-hydroxylation sites is 1. The molecule has 1 aliphatic rings. The molecule has 2 aromatic rings. The van der Waals surface area contributed by atoms with Crippen molar-refractivity contribution in [3.05, 3.63) is 42.2 Å². The third-order valence-corrected chi connectivity index (χ3v) is 4.07. The second-order valence-corrected chi connectivity index (χ2v) is 5.59. The summed E-state index contributed by atoms with van der Waals surface area (Å²) in [7, 11) is 3.51. The molecule has 0 N–H and O–H groups in total. The van der Waals surface area contributed by atoms with Crippen molar-refractivity contribution in [2.75, 3.05) is 27.4 Å².